The smallest absolute Gasteiger partial charge is 0.157 e. The van der Waals surface area contributed by atoms with E-state index in [9.17, 15) is 4.79 Å². The van der Waals surface area contributed by atoms with Crippen LogP contribution in [0.4, 0.5) is 0 Å². The Balaban J connectivity index is 2.95. The summed E-state index contributed by atoms with van der Waals surface area (Å²) in [6, 6.07) is 5.84. The number of hydrogen-bond acceptors (Lipinski definition) is 2. The van der Waals surface area contributed by atoms with Gasteiger partial charge in [-0.1, -0.05) is 36.7 Å². The fourth-order valence-electron chi connectivity index (χ4n) is 1.81. The number of halogens is 1. The molecule has 1 fully saturated rings. The lowest BCUT2D eigenvalue weighted by Crippen LogP contribution is -2.50. The molecule has 1 aromatic rings. The molecule has 0 aromatic heterocycles. The van der Waals surface area contributed by atoms with E-state index < -0.39 is 36.3 Å². The van der Waals surface area contributed by atoms with E-state index in [1.807, 2.05) is 0 Å². The Hall–Kier alpha value is -0.860. The lowest BCUT2D eigenvalue weighted by Gasteiger charge is -2.38. The Morgan fingerprint density at radius 2 is 2.29 bits per heavy atom. The van der Waals surface area contributed by atoms with Crippen molar-refractivity contribution >= 4 is 17.4 Å². The predicted molar refractivity (Wildman–Crippen MR) is 70.2 cm³/mol. The molecule has 2 unspecified atom stereocenters. The van der Waals surface area contributed by atoms with E-state index in [1.54, 1.807) is 6.07 Å². The van der Waals surface area contributed by atoms with Crippen molar-refractivity contribution in [2.75, 3.05) is 7.05 Å². The zero-order valence-corrected chi connectivity index (χ0v) is 10.4. The summed E-state index contributed by atoms with van der Waals surface area (Å²) < 4.78 is 57.4. The molecule has 0 amide bonds. The number of benzene rings is 1. The molecule has 0 spiro atoms. The molecule has 0 saturated heterocycles. The fraction of sp³-hybridized carbons (Fsp3) is 0.500. The van der Waals surface area contributed by atoms with Gasteiger partial charge in [0.15, 0.2) is 5.78 Å². The van der Waals surface area contributed by atoms with E-state index in [-0.39, 0.29) is 10.6 Å². The van der Waals surface area contributed by atoms with Gasteiger partial charge >= 0.3 is 0 Å². The molecule has 17 heavy (non-hydrogen) atoms. The molecule has 1 aliphatic carbocycles. The van der Waals surface area contributed by atoms with Gasteiger partial charge in [0.05, 0.1) is 0 Å². The third-order valence-corrected chi connectivity index (χ3v) is 3.06. The average Bonchev–Trinajstić information content (AvgIpc) is 2.48. The minimum absolute atomic E-state index is 0.00394. The van der Waals surface area contributed by atoms with E-state index in [1.165, 1.54) is 25.2 Å². The molecule has 92 valence electrons. The number of carbonyl (C=O) groups is 1. The van der Waals surface area contributed by atoms with E-state index in [4.69, 9.17) is 21.2 Å². The van der Waals surface area contributed by atoms with Crippen LogP contribution in [-0.2, 0) is 10.3 Å². The normalized spacial score (nSPS) is 48.6. The van der Waals surface area contributed by atoms with Crippen LogP contribution in [0.25, 0.3) is 0 Å². The molecule has 1 aromatic carbocycles. The molecule has 1 aliphatic rings. The predicted octanol–water partition coefficient (Wildman–Crippen LogP) is 3.14. The van der Waals surface area contributed by atoms with Crippen LogP contribution in [-0.4, -0.2) is 12.8 Å². The van der Waals surface area contributed by atoms with Gasteiger partial charge in [-0.3, -0.25) is 4.79 Å². The standard InChI is InChI=1S/C14H18ClNO/c1-10-7-8-14(16-2,13(17)9-10)11-5-3-4-6-12(11)15/h3-6,10,16H,7-9H2,1-2H3/i7D2,8D2,9D2,10D. The van der Waals surface area contributed by atoms with Crippen LogP contribution in [0.3, 0.4) is 0 Å². The monoisotopic (exact) mass is 258 g/mol. The van der Waals surface area contributed by atoms with Gasteiger partial charge in [0.1, 0.15) is 5.54 Å². The van der Waals surface area contributed by atoms with Gasteiger partial charge in [0, 0.05) is 21.0 Å². The molecule has 0 bridgehead atoms. The second-order valence-electron chi connectivity index (χ2n) is 3.81. The Labute approximate surface area is 117 Å². The number of ketones is 1. The summed E-state index contributed by atoms with van der Waals surface area (Å²) >= 11 is 6.13. The minimum atomic E-state index is -3.00. The van der Waals surface area contributed by atoms with Gasteiger partial charge in [-0.25, -0.2) is 0 Å². The van der Waals surface area contributed by atoms with E-state index in [2.05, 4.69) is 5.32 Å². The zero-order chi connectivity index (χ0) is 18.8. The van der Waals surface area contributed by atoms with Gasteiger partial charge in [0.2, 0.25) is 0 Å². The molecule has 2 rings (SSSR count). The second kappa shape index (κ2) is 4.79. The summed E-state index contributed by atoms with van der Waals surface area (Å²) in [5, 5.41) is 2.50. The molecular weight excluding hydrogens is 234 g/mol. The van der Waals surface area contributed by atoms with Crippen LogP contribution in [0.5, 0.6) is 0 Å². The first kappa shape index (κ1) is 6.35. The van der Waals surface area contributed by atoms with Crippen LogP contribution >= 0.6 is 11.6 Å². The van der Waals surface area contributed by atoms with Gasteiger partial charge < -0.3 is 5.32 Å². The first-order chi connectivity index (χ1) is 10.7. The van der Waals surface area contributed by atoms with Gasteiger partial charge in [0.25, 0.3) is 0 Å². The van der Waals surface area contributed by atoms with Crippen molar-refractivity contribution in [2.45, 2.75) is 31.6 Å². The van der Waals surface area contributed by atoms with Crippen molar-refractivity contribution in [3.63, 3.8) is 0 Å². The highest BCUT2D eigenvalue weighted by Crippen LogP contribution is 2.39. The number of Topliss-reactive ketones (excluding diaryl/α,β-unsaturated/α-hetero) is 1. The second-order valence-corrected chi connectivity index (χ2v) is 4.22. The average molecular weight is 259 g/mol. The molecular formula is C14H18ClNO. The van der Waals surface area contributed by atoms with Gasteiger partial charge in [-0.2, -0.15) is 0 Å². The summed E-state index contributed by atoms with van der Waals surface area (Å²) in [6.07, 6.45) is -8.90. The third kappa shape index (κ3) is 2.12. The van der Waals surface area contributed by atoms with Crippen molar-refractivity contribution in [2.24, 2.45) is 5.89 Å². The Bertz CT molecular complexity index is 691. The molecule has 1 saturated carbocycles. The molecule has 0 heterocycles. The highest BCUT2D eigenvalue weighted by Gasteiger charge is 2.42. The molecule has 2 atom stereocenters. The van der Waals surface area contributed by atoms with Crippen molar-refractivity contribution in [1.82, 2.24) is 5.32 Å². The lowest BCUT2D eigenvalue weighted by molar-refractivity contribution is -0.129. The van der Waals surface area contributed by atoms with Crippen molar-refractivity contribution in [1.29, 1.82) is 0 Å². The quantitative estimate of drug-likeness (QED) is 0.883. The Kier molecular flexibility index (Phi) is 1.79. The fourth-order valence-corrected chi connectivity index (χ4v) is 2.08. The maximum Gasteiger partial charge on any atom is 0.157 e. The Morgan fingerprint density at radius 3 is 2.94 bits per heavy atom. The van der Waals surface area contributed by atoms with Crippen LogP contribution in [0, 0.1) is 5.89 Å². The van der Waals surface area contributed by atoms with Crippen LogP contribution in [0.1, 0.15) is 41.2 Å². The number of rotatable bonds is 2. The maximum atomic E-state index is 13.0. The first-order valence-corrected chi connectivity index (χ1v) is 5.60. The van der Waals surface area contributed by atoms with Crippen LogP contribution in [0.2, 0.25) is 5.02 Å². The summed E-state index contributed by atoms with van der Waals surface area (Å²) in [4.78, 5) is 13.0. The highest BCUT2D eigenvalue weighted by molar-refractivity contribution is 6.31. The zero-order valence-electron chi connectivity index (χ0n) is 16.6. The van der Waals surface area contributed by atoms with Gasteiger partial charge in [-0.15, -0.1) is 0 Å². The number of carbonyl (C=O) groups excluding carboxylic acids is 1. The molecule has 3 heteroatoms. The van der Waals surface area contributed by atoms with Crippen molar-refractivity contribution in [3.8, 4) is 0 Å². The number of hydrogen-bond donors (Lipinski definition) is 1. The van der Waals surface area contributed by atoms with Crippen molar-refractivity contribution < 1.29 is 14.4 Å². The van der Waals surface area contributed by atoms with E-state index in [0.29, 0.717) is 0 Å². The molecule has 0 radical (unpaired) electrons. The lowest BCUT2D eigenvalue weighted by atomic mass is 9.72. The summed E-state index contributed by atoms with van der Waals surface area (Å²) in [7, 11) is 1.25. The number of likely N-dealkylation sites (N-methyl/N-ethyl adjacent to an activating group) is 1. The van der Waals surface area contributed by atoms with Crippen LogP contribution < -0.4 is 5.32 Å². The maximum absolute atomic E-state index is 13.0. The van der Waals surface area contributed by atoms with E-state index in [0.717, 1.165) is 6.92 Å². The molecule has 0 aliphatic heterocycles. The third-order valence-electron chi connectivity index (χ3n) is 2.73. The van der Waals surface area contributed by atoms with E-state index >= 15 is 0 Å². The van der Waals surface area contributed by atoms with Crippen LogP contribution in [0.15, 0.2) is 24.3 Å². The SMILES string of the molecule is [2H]C1([2H])C(=O)C(NC)(c2ccccc2Cl)C([2H])([2H])C([2H])([2H])C1([2H])C. The topological polar surface area (TPSA) is 29.1 Å². The summed E-state index contributed by atoms with van der Waals surface area (Å²) in [5.74, 6) is -3.90. The largest absolute Gasteiger partial charge is 0.304 e. The molecule has 2 nitrogen and oxygen atoms in total. The minimum Gasteiger partial charge on any atom is -0.304 e. The van der Waals surface area contributed by atoms with Gasteiger partial charge in [-0.05, 0) is 37.3 Å². The summed E-state index contributed by atoms with van der Waals surface area (Å²) in [6.45, 7) is 0.898. The first-order valence-electron chi connectivity index (χ1n) is 8.72. The Morgan fingerprint density at radius 1 is 1.59 bits per heavy atom. The number of nitrogens with one attached hydrogen (secondary N) is 1. The van der Waals surface area contributed by atoms with Crippen molar-refractivity contribution in [3.05, 3.63) is 34.9 Å². The molecule has 1 N–H and O–H groups in total. The summed E-state index contributed by atoms with van der Waals surface area (Å²) in [5.41, 5.74) is -2.44. The highest BCUT2D eigenvalue weighted by atomic mass is 35.5.